The van der Waals surface area contributed by atoms with Crippen LogP contribution in [0.15, 0.2) is 29.3 Å². The summed E-state index contributed by atoms with van der Waals surface area (Å²) in [6, 6.07) is 8.80. The van der Waals surface area contributed by atoms with Gasteiger partial charge in [0.1, 0.15) is 5.75 Å². The third-order valence-electron chi connectivity index (χ3n) is 6.53. The summed E-state index contributed by atoms with van der Waals surface area (Å²) >= 11 is 0. The van der Waals surface area contributed by atoms with Gasteiger partial charge in [-0.15, -0.1) is 24.0 Å². The minimum atomic E-state index is 0. The number of guanidine groups is 1. The van der Waals surface area contributed by atoms with Gasteiger partial charge in [0, 0.05) is 52.9 Å². The van der Waals surface area contributed by atoms with Gasteiger partial charge in [-0.2, -0.15) is 0 Å². The quantitative estimate of drug-likeness (QED) is 0.276. The average molecular weight is 559 g/mol. The molecule has 0 spiro atoms. The maximum Gasteiger partial charge on any atom is 0.191 e. The molecule has 0 amide bonds. The molecule has 0 aromatic heterocycles. The lowest BCUT2D eigenvalue weighted by molar-refractivity contribution is 0.139. The molecular formula is C24H43IN6O. The van der Waals surface area contributed by atoms with E-state index >= 15 is 0 Å². The molecule has 0 bridgehead atoms. The first kappa shape index (κ1) is 27.1. The lowest BCUT2D eigenvalue weighted by atomic mass is 10.1. The van der Waals surface area contributed by atoms with E-state index in [1.54, 1.807) is 7.11 Å². The van der Waals surface area contributed by atoms with Crippen molar-refractivity contribution in [1.82, 2.24) is 25.3 Å². The zero-order valence-electron chi connectivity index (χ0n) is 20.3. The number of hydrogen-bond acceptors (Lipinski definition) is 5. The van der Waals surface area contributed by atoms with Gasteiger partial charge in [0.05, 0.1) is 13.2 Å². The number of halogens is 1. The molecule has 0 radical (unpaired) electrons. The van der Waals surface area contributed by atoms with Crippen LogP contribution in [0.25, 0.3) is 0 Å². The number of likely N-dealkylation sites (tertiary alicyclic amines) is 1. The smallest absolute Gasteiger partial charge is 0.191 e. The maximum atomic E-state index is 5.47. The summed E-state index contributed by atoms with van der Waals surface area (Å²) in [4.78, 5) is 12.0. The van der Waals surface area contributed by atoms with Crippen molar-refractivity contribution in [3.8, 4) is 5.75 Å². The first-order valence-electron chi connectivity index (χ1n) is 11.8. The number of ether oxygens (including phenoxy) is 1. The van der Waals surface area contributed by atoms with Crippen LogP contribution in [0.5, 0.6) is 5.75 Å². The van der Waals surface area contributed by atoms with Crippen molar-refractivity contribution in [2.45, 2.75) is 25.8 Å². The van der Waals surface area contributed by atoms with E-state index in [1.807, 2.05) is 13.1 Å². The first-order chi connectivity index (χ1) is 15.1. The molecule has 182 valence electrons. The summed E-state index contributed by atoms with van der Waals surface area (Å²) in [5, 5.41) is 7.13. The van der Waals surface area contributed by atoms with Crippen LogP contribution >= 0.6 is 24.0 Å². The highest BCUT2D eigenvalue weighted by molar-refractivity contribution is 14.0. The first-order valence-corrected chi connectivity index (χ1v) is 11.8. The van der Waals surface area contributed by atoms with Gasteiger partial charge in [-0.25, -0.2) is 0 Å². The zero-order chi connectivity index (χ0) is 22.1. The summed E-state index contributed by atoms with van der Waals surface area (Å²) < 4.78 is 5.47. The molecule has 2 heterocycles. The van der Waals surface area contributed by atoms with E-state index in [9.17, 15) is 0 Å². The highest BCUT2D eigenvalue weighted by Gasteiger charge is 2.24. The summed E-state index contributed by atoms with van der Waals surface area (Å²) in [7, 11) is 5.80. The highest BCUT2D eigenvalue weighted by Crippen LogP contribution is 2.27. The number of nitrogens with one attached hydrogen (secondary N) is 2. The number of benzene rings is 1. The normalized spacial score (nSPS) is 20.4. The minimum absolute atomic E-state index is 0. The number of hydrogen-bond donors (Lipinski definition) is 2. The van der Waals surface area contributed by atoms with Crippen LogP contribution in [0.4, 0.5) is 0 Å². The fourth-order valence-corrected chi connectivity index (χ4v) is 4.58. The summed E-state index contributed by atoms with van der Waals surface area (Å²) in [6.07, 6.45) is 2.55. The van der Waals surface area contributed by atoms with Crippen LogP contribution < -0.4 is 15.4 Å². The van der Waals surface area contributed by atoms with Crippen LogP contribution in [-0.2, 0) is 0 Å². The molecule has 2 atom stereocenters. The Morgan fingerprint density at radius 3 is 2.41 bits per heavy atom. The number of nitrogens with zero attached hydrogens (tertiary/aromatic N) is 4. The zero-order valence-corrected chi connectivity index (χ0v) is 22.7. The van der Waals surface area contributed by atoms with Gasteiger partial charge in [-0.3, -0.25) is 9.89 Å². The van der Waals surface area contributed by atoms with Crippen molar-refractivity contribution in [2.24, 2.45) is 10.9 Å². The molecule has 2 N–H and O–H groups in total. The molecule has 2 saturated heterocycles. The number of methoxy groups -OCH3 is 1. The van der Waals surface area contributed by atoms with Crippen LogP contribution in [0.3, 0.4) is 0 Å². The Labute approximate surface area is 212 Å². The molecule has 2 aliphatic heterocycles. The monoisotopic (exact) mass is 558 g/mol. The van der Waals surface area contributed by atoms with E-state index in [-0.39, 0.29) is 24.0 Å². The third kappa shape index (κ3) is 8.35. The van der Waals surface area contributed by atoms with Crippen LogP contribution in [0.1, 0.15) is 31.4 Å². The molecule has 8 heteroatoms. The van der Waals surface area contributed by atoms with E-state index in [0.717, 1.165) is 44.4 Å². The Bertz CT molecular complexity index is 689. The van der Waals surface area contributed by atoms with E-state index < -0.39 is 0 Å². The fourth-order valence-electron chi connectivity index (χ4n) is 4.58. The van der Waals surface area contributed by atoms with Gasteiger partial charge in [0.25, 0.3) is 0 Å². The average Bonchev–Trinajstić information content (AvgIpc) is 3.32. The number of rotatable bonds is 9. The minimum Gasteiger partial charge on any atom is -0.497 e. The van der Waals surface area contributed by atoms with Crippen molar-refractivity contribution in [2.75, 3.05) is 80.1 Å². The Morgan fingerprint density at radius 2 is 1.75 bits per heavy atom. The van der Waals surface area contributed by atoms with Crippen molar-refractivity contribution < 1.29 is 4.74 Å². The lowest BCUT2D eigenvalue weighted by Crippen LogP contribution is -2.48. The molecule has 0 aliphatic carbocycles. The number of likely N-dealkylation sites (N-methyl/N-ethyl adjacent to an activating group) is 1. The molecule has 1 aromatic rings. The van der Waals surface area contributed by atoms with Gasteiger partial charge in [-0.05, 0) is 56.6 Å². The maximum absolute atomic E-state index is 5.47. The Morgan fingerprint density at radius 1 is 1.06 bits per heavy atom. The Balaban J connectivity index is 0.00000363. The van der Waals surface area contributed by atoms with Crippen molar-refractivity contribution in [3.63, 3.8) is 0 Å². The van der Waals surface area contributed by atoms with Crippen LogP contribution in [-0.4, -0.2) is 101 Å². The van der Waals surface area contributed by atoms with E-state index in [1.165, 1.54) is 44.6 Å². The molecule has 2 fully saturated rings. The second-order valence-corrected chi connectivity index (χ2v) is 9.08. The molecular weight excluding hydrogens is 515 g/mol. The standard InChI is InChI=1S/C24H42N6O.HI/c1-20(19-29-14-12-28(3)13-15-29)17-26-24(25-2)27-18-23(30-10-5-6-11-30)21-8-7-9-22(16-21)31-4;/h7-9,16,20,23H,5-6,10-15,17-19H2,1-4H3,(H2,25,26,27);1H. The molecule has 2 aliphatic rings. The van der Waals surface area contributed by atoms with Gasteiger partial charge in [0.2, 0.25) is 0 Å². The summed E-state index contributed by atoms with van der Waals surface area (Å²) in [5.41, 5.74) is 1.30. The van der Waals surface area contributed by atoms with E-state index in [4.69, 9.17) is 4.74 Å². The molecule has 1 aromatic carbocycles. The number of piperazine rings is 1. The lowest BCUT2D eigenvalue weighted by Gasteiger charge is -2.34. The van der Waals surface area contributed by atoms with Crippen molar-refractivity contribution in [3.05, 3.63) is 29.8 Å². The Hall–Kier alpha value is -1.10. The SMILES string of the molecule is CN=C(NCC(C)CN1CCN(C)CC1)NCC(c1cccc(OC)c1)N1CCCC1.I. The number of aliphatic imine (C=N–C) groups is 1. The molecule has 2 unspecified atom stereocenters. The molecule has 0 saturated carbocycles. The summed E-state index contributed by atoms with van der Waals surface area (Å²) in [6.45, 7) is 12.2. The second-order valence-electron chi connectivity index (χ2n) is 9.08. The van der Waals surface area contributed by atoms with E-state index in [0.29, 0.717) is 12.0 Å². The Kier molecular flexibility index (Phi) is 12.1. The highest BCUT2D eigenvalue weighted by atomic mass is 127. The molecule has 7 nitrogen and oxygen atoms in total. The topological polar surface area (TPSA) is 55.4 Å². The van der Waals surface area contributed by atoms with Gasteiger partial charge >= 0.3 is 0 Å². The fraction of sp³-hybridized carbons (Fsp3) is 0.708. The van der Waals surface area contributed by atoms with Crippen LogP contribution in [0.2, 0.25) is 0 Å². The second kappa shape index (κ2) is 14.2. The molecule has 3 rings (SSSR count). The third-order valence-corrected chi connectivity index (χ3v) is 6.53. The predicted molar refractivity (Wildman–Crippen MR) is 144 cm³/mol. The van der Waals surface area contributed by atoms with Gasteiger partial charge in [0.15, 0.2) is 5.96 Å². The molecule has 32 heavy (non-hydrogen) atoms. The van der Waals surface area contributed by atoms with Crippen molar-refractivity contribution >= 4 is 29.9 Å². The van der Waals surface area contributed by atoms with E-state index in [2.05, 4.69) is 62.5 Å². The van der Waals surface area contributed by atoms with Gasteiger partial charge in [-0.1, -0.05) is 19.1 Å². The summed E-state index contributed by atoms with van der Waals surface area (Å²) in [5.74, 6) is 2.38. The predicted octanol–water partition coefficient (Wildman–Crippen LogP) is 2.50. The van der Waals surface area contributed by atoms with Crippen molar-refractivity contribution in [1.29, 1.82) is 0 Å². The van der Waals surface area contributed by atoms with Crippen LogP contribution in [0, 0.1) is 5.92 Å². The van der Waals surface area contributed by atoms with Gasteiger partial charge < -0.3 is 25.2 Å². The largest absolute Gasteiger partial charge is 0.497 e.